The molecule has 0 fully saturated rings. The molecular formula is C23H18N5O9S3+. The van der Waals surface area contributed by atoms with Gasteiger partial charge in [-0.25, -0.2) is 0 Å². The van der Waals surface area contributed by atoms with Gasteiger partial charge in [-0.05, 0) is 51.4 Å². The van der Waals surface area contributed by atoms with E-state index in [-0.39, 0.29) is 34.6 Å². The van der Waals surface area contributed by atoms with Gasteiger partial charge in [0.1, 0.15) is 10.6 Å². The van der Waals surface area contributed by atoms with Crippen molar-refractivity contribution in [2.24, 2.45) is 0 Å². The molecule has 0 radical (unpaired) electrons. The highest BCUT2D eigenvalue weighted by Gasteiger charge is 2.31. The number of ether oxygens (including phenoxy) is 2. The Balaban J connectivity index is 1.64. The first-order valence-corrected chi connectivity index (χ1v) is 15.0. The van der Waals surface area contributed by atoms with E-state index in [0.717, 1.165) is 28.3 Å². The molecule has 1 aliphatic rings. The van der Waals surface area contributed by atoms with Gasteiger partial charge in [-0.3, -0.25) is 9.11 Å². The second-order valence-corrected chi connectivity index (χ2v) is 12.5. The molecule has 1 aliphatic heterocycles. The second-order valence-electron chi connectivity index (χ2n) is 8.67. The Morgan fingerprint density at radius 3 is 2.45 bits per heavy atom. The molecule has 0 unspecified atom stereocenters. The molecule has 0 amide bonds. The van der Waals surface area contributed by atoms with Crippen molar-refractivity contribution in [2.45, 2.75) is 23.3 Å². The van der Waals surface area contributed by atoms with Crippen LogP contribution >= 0.6 is 11.3 Å². The van der Waals surface area contributed by atoms with Crippen LogP contribution in [0.1, 0.15) is 11.1 Å². The molecule has 206 valence electrons. The number of nitrogens with zero attached hydrogens (tertiary/aromatic N) is 5. The van der Waals surface area contributed by atoms with Gasteiger partial charge in [0.05, 0.1) is 21.8 Å². The molecule has 0 spiro atoms. The third kappa shape index (κ3) is 4.57. The first kappa shape index (κ1) is 26.2. The van der Waals surface area contributed by atoms with Gasteiger partial charge in [0, 0.05) is 22.8 Å². The number of thiazole rings is 1. The minimum absolute atomic E-state index is 0.00492. The fourth-order valence-electron chi connectivity index (χ4n) is 4.11. The molecule has 3 aromatic carbocycles. The fourth-order valence-corrected chi connectivity index (χ4v) is 6.30. The largest absolute Gasteiger partial charge is 0.454 e. The van der Waals surface area contributed by atoms with Crippen LogP contribution in [0, 0.1) is 6.92 Å². The van der Waals surface area contributed by atoms with Gasteiger partial charge < -0.3 is 14.6 Å². The van der Waals surface area contributed by atoms with Crippen LogP contribution in [0.5, 0.6) is 11.5 Å². The van der Waals surface area contributed by atoms with Gasteiger partial charge in [0.2, 0.25) is 6.79 Å². The maximum absolute atomic E-state index is 12.2. The summed E-state index contributed by atoms with van der Waals surface area (Å²) in [5, 5.41) is 19.1. The van der Waals surface area contributed by atoms with E-state index in [4.69, 9.17) is 9.47 Å². The van der Waals surface area contributed by atoms with Gasteiger partial charge >= 0.3 is 5.13 Å². The number of fused-ring (bicyclic) bond motifs is 2. The minimum atomic E-state index is -4.69. The van der Waals surface area contributed by atoms with Crippen LogP contribution in [-0.4, -0.2) is 57.8 Å². The molecule has 2 aromatic heterocycles. The number of hydrogen-bond donors (Lipinski definition) is 3. The molecule has 0 saturated carbocycles. The molecule has 0 saturated heterocycles. The van der Waals surface area contributed by atoms with Gasteiger partial charge in [0.15, 0.2) is 17.0 Å². The Kier molecular flexibility index (Phi) is 6.09. The highest BCUT2D eigenvalue weighted by atomic mass is 32.2. The van der Waals surface area contributed by atoms with Crippen LogP contribution in [-0.2, 0) is 26.8 Å². The summed E-state index contributed by atoms with van der Waals surface area (Å²) in [4.78, 5) is 5.96. The number of aromatic nitrogens is 5. The van der Waals surface area contributed by atoms with Crippen molar-refractivity contribution in [3.63, 3.8) is 0 Å². The Hall–Kier alpha value is -4.00. The number of benzene rings is 3. The number of rotatable bonds is 6. The van der Waals surface area contributed by atoms with Crippen LogP contribution in [0.15, 0.2) is 58.3 Å². The molecule has 5 aromatic rings. The second kappa shape index (κ2) is 9.29. The molecule has 17 heteroatoms. The molecule has 14 nitrogen and oxygen atoms in total. The molecular weight excluding hydrogens is 586 g/mol. The van der Waals surface area contributed by atoms with Gasteiger partial charge in [0.25, 0.3) is 26.1 Å². The molecule has 6 rings (SSSR count). The number of aliphatic hydroxyl groups is 1. The first-order chi connectivity index (χ1) is 18.9. The van der Waals surface area contributed by atoms with E-state index >= 15 is 0 Å². The predicted octanol–water partition coefficient (Wildman–Crippen LogP) is 1.84. The Morgan fingerprint density at radius 2 is 1.75 bits per heavy atom. The zero-order valence-electron chi connectivity index (χ0n) is 20.3. The maximum Gasteiger partial charge on any atom is 0.365 e. The SMILES string of the molecule is Cc1ccc(-c2nn(-c3cc(S(=O)(=O)O)ccc3CO)[n+](-c3nc4cc5c(cc4s3)OCO5)n2)c(S(=O)(=O)O)c1. The summed E-state index contributed by atoms with van der Waals surface area (Å²) >= 11 is 1.16. The monoisotopic (exact) mass is 604 g/mol. The zero-order valence-corrected chi connectivity index (χ0v) is 22.7. The first-order valence-electron chi connectivity index (χ1n) is 11.3. The van der Waals surface area contributed by atoms with Crippen LogP contribution < -0.4 is 14.3 Å². The standard InChI is InChI=1S/C23H17N5O9S3/c1-12-2-5-15(21(6-12)40(33,34)35)22-25-27(17-7-14(39(30,31)32)4-3-13(17)10-29)28(26-22)23-24-16-8-18-19(37-11-36-18)9-20(16)38-23/h2-9,29H,10-11H2,1H3,(H-,30,31,32,33,34,35)/p+1. The molecule has 0 atom stereocenters. The van der Waals surface area contributed by atoms with E-state index in [1.807, 2.05) is 0 Å². The Labute approximate surface area is 230 Å². The van der Waals surface area contributed by atoms with E-state index in [1.54, 1.807) is 25.1 Å². The minimum Gasteiger partial charge on any atom is -0.454 e. The quantitative estimate of drug-likeness (QED) is 0.188. The summed E-state index contributed by atoms with van der Waals surface area (Å²) in [7, 11) is -9.34. The summed E-state index contributed by atoms with van der Waals surface area (Å²) in [6.45, 7) is 1.18. The lowest BCUT2D eigenvalue weighted by atomic mass is 10.1. The lowest BCUT2D eigenvalue weighted by Gasteiger charge is -2.07. The van der Waals surface area contributed by atoms with E-state index in [2.05, 4.69) is 15.2 Å². The zero-order chi connectivity index (χ0) is 28.4. The van der Waals surface area contributed by atoms with Gasteiger partial charge in [-0.2, -0.15) is 16.8 Å². The topological polar surface area (TPSA) is 195 Å². The third-order valence-corrected chi connectivity index (χ3v) is 8.72. The lowest BCUT2D eigenvalue weighted by molar-refractivity contribution is -0.734. The summed E-state index contributed by atoms with van der Waals surface area (Å²) in [5.41, 5.74) is 1.24. The smallest absolute Gasteiger partial charge is 0.365 e. The van der Waals surface area contributed by atoms with Crippen molar-refractivity contribution in [1.29, 1.82) is 0 Å². The summed E-state index contributed by atoms with van der Waals surface area (Å²) in [5.74, 6) is 0.857. The normalized spacial score (nSPS) is 13.3. The summed E-state index contributed by atoms with van der Waals surface area (Å²) < 4.78 is 79.3. The maximum atomic E-state index is 12.2. The highest BCUT2D eigenvalue weighted by molar-refractivity contribution is 7.86. The van der Waals surface area contributed by atoms with Crippen molar-refractivity contribution >= 4 is 41.8 Å². The predicted molar refractivity (Wildman–Crippen MR) is 138 cm³/mol. The van der Waals surface area contributed by atoms with E-state index in [9.17, 15) is 31.0 Å². The Bertz CT molecular complexity index is 2010. The summed E-state index contributed by atoms with van der Waals surface area (Å²) in [6, 6.07) is 11.2. The van der Waals surface area contributed by atoms with Crippen molar-refractivity contribution in [3.05, 3.63) is 59.7 Å². The number of aliphatic hydroxyl groups excluding tert-OH is 1. The van der Waals surface area contributed by atoms with Crippen molar-refractivity contribution in [2.75, 3.05) is 6.79 Å². The molecule has 0 aliphatic carbocycles. The van der Waals surface area contributed by atoms with Crippen molar-refractivity contribution in [1.82, 2.24) is 20.0 Å². The number of tetrazole rings is 1. The summed E-state index contributed by atoms with van der Waals surface area (Å²) in [6.07, 6.45) is 0. The van der Waals surface area contributed by atoms with Crippen LogP contribution in [0.4, 0.5) is 0 Å². The number of aryl methyl sites for hydroxylation is 1. The van der Waals surface area contributed by atoms with Crippen molar-refractivity contribution in [3.8, 4) is 33.7 Å². The van der Waals surface area contributed by atoms with E-state index in [1.165, 1.54) is 23.0 Å². The van der Waals surface area contributed by atoms with E-state index in [0.29, 0.717) is 27.3 Å². The highest BCUT2D eigenvalue weighted by Crippen LogP contribution is 2.38. The molecule has 3 N–H and O–H groups in total. The molecule has 0 bridgehead atoms. The fraction of sp³-hybridized carbons (Fsp3) is 0.130. The van der Waals surface area contributed by atoms with Crippen LogP contribution in [0.25, 0.3) is 32.4 Å². The van der Waals surface area contributed by atoms with Gasteiger partial charge in [-0.15, -0.1) is 0 Å². The number of hydrogen-bond acceptors (Lipinski definition) is 11. The van der Waals surface area contributed by atoms with Gasteiger partial charge in [-0.1, -0.05) is 28.5 Å². The molecule has 40 heavy (non-hydrogen) atoms. The van der Waals surface area contributed by atoms with E-state index < -0.39 is 36.6 Å². The lowest BCUT2D eigenvalue weighted by Crippen LogP contribution is -2.43. The average Bonchev–Trinajstić information content (AvgIpc) is 3.63. The van der Waals surface area contributed by atoms with Crippen LogP contribution in [0.3, 0.4) is 0 Å². The van der Waals surface area contributed by atoms with Crippen LogP contribution in [0.2, 0.25) is 0 Å². The third-order valence-electron chi connectivity index (χ3n) is 6.00. The van der Waals surface area contributed by atoms with Crippen molar-refractivity contribution < 1.29 is 45.3 Å². The molecule has 3 heterocycles. The average molecular weight is 605 g/mol. The Morgan fingerprint density at radius 1 is 1.00 bits per heavy atom.